The standard InChI is InChI=1S/C12H13F3N2O3/c1-6-3-7(2)9(8(4-6)10(18)19)17-11(20)16-5-12(13,14)15/h3-4H,5H2,1-2H3,(H,18,19)(H2,16,17,20). The number of nitrogens with one attached hydrogen (secondary N) is 2. The van der Waals surface area contributed by atoms with Crippen LogP contribution in [0.15, 0.2) is 12.1 Å². The van der Waals surface area contributed by atoms with Gasteiger partial charge in [0.05, 0.1) is 11.3 Å². The predicted molar refractivity (Wildman–Crippen MR) is 66.0 cm³/mol. The SMILES string of the molecule is Cc1cc(C)c(NC(=O)NCC(F)(F)F)c(C(=O)O)c1. The summed E-state index contributed by atoms with van der Waals surface area (Å²) in [5.74, 6) is -1.28. The second kappa shape index (κ2) is 5.81. The molecule has 0 saturated carbocycles. The minimum Gasteiger partial charge on any atom is -0.478 e. The van der Waals surface area contributed by atoms with Gasteiger partial charge in [-0.05, 0) is 31.0 Å². The van der Waals surface area contributed by atoms with Crippen LogP contribution < -0.4 is 10.6 Å². The van der Waals surface area contributed by atoms with Gasteiger partial charge in [0.2, 0.25) is 0 Å². The molecule has 0 atom stereocenters. The quantitative estimate of drug-likeness (QED) is 0.800. The van der Waals surface area contributed by atoms with Crippen LogP contribution in [0.3, 0.4) is 0 Å². The van der Waals surface area contributed by atoms with Gasteiger partial charge in [0.25, 0.3) is 0 Å². The molecular weight excluding hydrogens is 277 g/mol. The average Bonchev–Trinajstić information content (AvgIpc) is 2.28. The van der Waals surface area contributed by atoms with E-state index in [1.807, 2.05) is 0 Å². The molecule has 0 aliphatic heterocycles. The molecule has 1 aromatic carbocycles. The molecule has 0 aliphatic rings. The fourth-order valence-electron chi connectivity index (χ4n) is 1.64. The van der Waals surface area contributed by atoms with Crippen LogP contribution in [0.5, 0.6) is 0 Å². The topological polar surface area (TPSA) is 78.4 Å². The average molecular weight is 290 g/mol. The molecule has 1 aromatic rings. The molecule has 0 fully saturated rings. The maximum Gasteiger partial charge on any atom is 0.405 e. The Hall–Kier alpha value is -2.25. The van der Waals surface area contributed by atoms with Crippen LogP contribution in [0, 0.1) is 13.8 Å². The number of aryl methyl sites for hydroxylation is 2. The van der Waals surface area contributed by atoms with Gasteiger partial charge >= 0.3 is 18.2 Å². The number of benzene rings is 1. The van der Waals surface area contributed by atoms with Gasteiger partial charge in [0, 0.05) is 0 Å². The third kappa shape index (κ3) is 4.45. The van der Waals surface area contributed by atoms with Crippen molar-refractivity contribution in [2.24, 2.45) is 0 Å². The van der Waals surface area contributed by atoms with E-state index in [1.165, 1.54) is 6.07 Å². The predicted octanol–water partition coefficient (Wildman–Crippen LogP) is 2.69. The van der Waals surface area contributed by atoms with Crippen molar-refractivity contribution < 1.29 is 27.9 Å². The van der Waals surface area contributed by atoms with Crippen molar-refractivity contribution in [3.8, 4) is 0 Å². The maximum atomic E-state index is 12.0. The van der Waals surface area contributed by atoms with Gasteiger partial charge in [-0.1, -0.05) is 6.07 Å². The molecule has 0 spiro atoms. The summed E-state index contributed by atoms with van der Waals surface area (Å²) >= 11 is 0. The number of carboxylic acids is 1. The molecule has 8 heteroatoms. The molecule has 2 amide bonds. The van der Waals surface area contributed by atoms with Crippen LogP contribution in [0.25, 0.3) is 0 Å². The minimum atomic E-state index is -4.53. The summed E-state index contributed by atoms with van der Waals surface area (Å²) in [5, 5.41) is 12.8. The smallest absolute Gasteiger partial charge is 0.405 e. The van der Waals surface area contributed by atoms with E-state index in [9.17, 15) is 22.8 Å². The Kier molecular flexibility index (Phi) is 4.59. The first-order valence-electron chi connectivity index (χ1n) is 5.56. The van der Waals surface area contributed by atoms with Gasteiger partial charge in [0.1, 0.15) is 6.54 Å². The number of anilines is 1. The second-order valence-corrected chi connectivity index (χ2v) is 4.23. The Morgan fingerprint density at radius 2 is 1.85 bits per heavy atom. The summed E-state index contributed by atoms with van der Waals surface area (Å²) in [6.07, 6.45) is -4.53. The Bertz CT molecular complexity index is 541. The molecular formula is C12H13F3N2O3. The van der Waals surface area contributed by atoms with E-state index in [0.29, 0.717) is 11.1 Å². The van der Waals surface area contributed by atoms with Crippen LogP contribution in [-0.2, 0) is 0 Å². The first-order valence-corrected chi connectivity index (χ1v) is 5.56. The number of hydrogen-bond donors (Lipinski definition) is 3. The van der Waals surface area contributed by atoms with E-state index in [1.54, 1.807) is 25.2 Å². The van der Waals surface area contributed by atoms with Crippen LogP contribution in [0.4, 0.5) is 23.7 Å². The van der Waals surface area contributed by atoms with Gasteiger partial charge in [-0.15, -0.1) is 0 Å². The maximum absolute atomic E-state index is 12.0. The lowest BCUT2D eigenvalue weighted by Crippen LogP contribution is -2.37. The number of amides is 2. The zero-order valence-corrected chi connectivity index (χ0v) is 10.8. The van der Waals surface area contributed by atoms with Gasteiger partial charge in [-0.3, -0.25) is 0 Å². The lowest BCUT2D eigenvalue weighted by atomic mass is 10.0. The number of aromatic carboxylic acids is 1. The van der Waals surface area contributed by atoms with E-state index >= 15 is 0 Å². The molecule has 0 aromatic heterocycles. The number of carboxylic acid groups (broad SMARTS) is 1. The molecule has 0 aliphatic carbocycles. The van der Waals surface area contributed by atoms with Crippen molar-refractivity contribution in [2.45, 2.75) is 20.0 Å². The number of carbonyl (C=O) groups is 2. The molecule has 5 nitrogen and oxygen atoms in total. The van der Waals surface area contributed by atoms with Crippen molar-refractivity contribution >= 4 is 17.7 Å². The number of urea groups is 1. The molecule has 110 valence electrons. The first kappa shape index (κ1) is 15.8. The third-order valence-corrected chi connectivity index (χ3v) is 2.40. The highest BCUT2D eigenvalue weighted by Crippen LogP contribution is 2.23. The zero-order chi connectivity index (χ0) is 15.5. The van der Waals surface area contributed by atoms with Crippen molar-refractivity contribution in [3.63, 3.8) is 0 Å². The number of halogens is 3. The third-order valence-electron chi connectivity index (χ3n) is 2.40. The molecule has 3 N–H and O–H groups in total. The Morgan fingerprint density at radius 3 is 2.35 bits per heavy atom. The van der Waals surface area contributed by atoms with Gasteiger partial charge in [-0.2, -0.15) is 13.2 Å². The molecule has 0 unspecified atom stereocenters. The van der Waals surface area contributed by atoms with E-state index < -0.39 is 24.7 Å². The Labute approximate surface area is 112 Å². The van der Waals surface area contributed by atoms with Gasteiger partial charge in [-0.25, -0.2) is 9.59 Å². The molecule has 20 heavy (non-hydrogen) atoms. The number of carbonyl (C=O) groups excluding carboxylic acids is 1. The summed E-state index contributed by atoms with van der Waals surface area (Å²) in [6.45, 7) is 1.73. The summed E-state index contributed by atoms with van der Waals surface area (Å²) < 4.78 is 35.9. The van der Waals surface area contributed by atoms with E-state index in [2.05, 4.69) is 5.32 Å². The first-order chi connectivity index (χ1) is 9.10. The van der Waals surface area contributed by atoms with Crippen molar-refractivity contribution in [3.05, 3.63) is 28.8 Å². The molecule has 1 rings (SSSR count). The summed E-state index contributed by atoms with van der Waals surface area (Å²) in [4.78, 5) is 22.4. The lowest BCUT2D eigenvalue weighted by Gasteiger charge is -2.14. The summed E-state index contributed by atoms with van der Waals surface area (Å²) in [7, 11) is 0. The van der Waals surface area contributed by atoms with Crippen molar-refractivity contribution in [1.82, 2.24) is 5.32 Å². The number of hydrogen-bond acceptors (Lipinski definition) is 2. The van der Waals surface area contributed by atoms with Crippen LogP contribution in [-0.4, -0.2) is 29.8 Å². The highest BCUT2D eigenvalue weighted by molar-refractivity contribution is 6.01. The minimum absolute atomic E-state index is 0.0252. The largest absolute Gasteiger partial charge is 0.478 e. The molecule has 0 saturated heterocycles. The number of rotatable bonds is 3. The lowest BCUT2D eigenvalue weighted by molar-refractivity contribution is -0.122. The highest BCUT2D eigenvalue weighted by Gasteiger charge is 2.28. The Balaban J connectivity index is 2.92. The zero-order valence-electron chi connectivity index (χ0n) is 10.8. The molecule has 0 radical (unpaired) electrons. The van der Waals surface area contributed by atoms with Crippen LogP contribution in [0.2, 0.25) is 0 Å². The van der Waals surface area contributed by atoms with Crippen molar-refractivity contribution in [2.75, 3.05) is 11.9 Å². The molecule has 0 bridgehead atoms. The van der Waals surface area contributed by atoms with Gasteiger partial charge in [0.15, 0.2) is 0 Å². The second-order valence-electron chi connectivity index (χ2n) is 4.23. The highest BCUT2D eigenvalue weighted by atomic mass is 19.4. The summed E-state index contributed by atoms with van der Waals surface area (Å²) in [5.41, 5.74) is 0.915. The fraction of sp³-hybridized carbons (Fsp3) is 0.333. The van der Waals surface area contributed by atoms with Crippen LogP contribution >= 0.6 is 0 Å². The van der Waals surface area contributed by atoms with Crippen LogP contribution in [0.1, 0.15) is 21.5 Å². The van der Waals surface area contributed by atoms with E-state index in [4.69, 9.17) is 5.11 Å². The molecule has 0 heterocycles. The normalized spacial score (nSPS) is 11.1. The van der Waals surface area contributed by atoms with E-state index in [-0.39, 0.29) is 11.3 Å². The fourth-order valence-corrected chi connectivity index (χ4v) is 1.64. The summed E-state index contributed by atoms with van der Waals surface area (Å²) in [6, 6.07) is 1.83. The Morgan fingerprint density at radius 1 is 1.25 bits per heavy atom. The monoisotopic (exact) mass is 290 g/mol. The van der Waals surface area contributed by atoms with Crippen molar-refractivity contribution in [1.29, 1.82) is 0 Å². The van der Waals surface area contributed by atoms with E-state index in [0.717, 1.165) is 0 Å². The number of alkyl halides is 3. The van der Waals surface area contributed by atoms with Gasteiger partial charge < -0.3 is 15.7 Å².